The van der Waals surface area contributed by atoms with Gasteiger partial charge in [0, 0.05) is 23.6 Å². The molecule has 1 atom stereocenters. The molecule has 1 aliphatic carbocycles. The number of carbonyl (C=O) groups excluding carboxylic acids is 1. The maximum atomic E-state index is 13.0. The third-order valence-electron chi connectivity index (χ3n) is 4.69. The fraction of sp³-hybridized carbons (Fsp3) is 0.400. The highest BCUT2D eigenvalue weighted by molar-refractivity contribution is 6.06. The predicted molar refractivity (Wildman–Crippen MR) is 100 cm³/mol. The molecule has 0 saturated heterocycles. The van der Waals surface area contributed by atoms with Gasteiger partial charge in [-0.3, -0.25) is 10.2 Å². The zero-order valence-corrected chi connectivity index (χ0v) is 15.4. The minimum atomic E-state index is -0.286. The van der Waals surface area contributed by atoms with Crippen LogP contribution in [0.1, 0.15) is 60.6 Å². The lowest BCUT2D eigenvalue weighted by molar-refractivity contribution is 0.0908. The van der Waals surface area contributed by atoms with Gasteiger partial charge < -0.3 is 9.73 Å². The summed E-state index contributed by atoms with van der Waals surface area (Å²) in [5.74, 6) is 0.706. The minimum Gasteiger partial charge on any atom is -0.455 e. The summed E-state index contributed by atoms with van der Waals surface area (Å²) in [7, 11) is 0. The second-order valence-corrected chi connectivity index (χ2v) is 6.67. The number of hydrazone groups is 1. The number of anilines is 1. The Balaban J connectivity index is 1.85. The van der Waals surface area contributed by atoms with E-state index in [1.54, 1.807) is 12.1 Å². The van der Waals surface area contributed by atoms with E-state index in [-0.39, 0.29) is 17.8 Å². The predicted octanol–water partition coefficient (Wildman–Crippen LogP) is 4.41. The summed E-state index contributed by atoms with van der Waals surface area (Å²) >= 11 is 0. The number of nitrogens with one attached hydrogen (secondary N) is 2. The Morgan fingerprint density at radius 2 is 2.04 bits per heavy atom. The van der Waals surface area contributed by atoms with Crippen molar-refractivity contribution in [1.82, 2.24) is 5.32 Å². The smallest absolute Gasteiger partial charge is 0.287 e. The summed E-state index contributed by atoms with van der Waals surface area (Å²) in [6, 6.07) is 6.13. The van der Waals surface area contributed by atoms with Crippen LogP contribution in [0.25, 0.3) is 0 Å². The van der Waals surface area contributed by atoms with Crippen LogP contribution in [0.15, 0.2) is 33.8 Å². The highest BCUT2D eigenvalue weighted by Crippen LogP contribution is 2.30. The maximum absolute atomic E-state index is 13.0. The molecule has 0 fully saturated rings. The van der Waals surface area contributed by atoms with Crippen molar-refractivity contribution < 1.29 is 13.6 Å². The molecule has 0 radical (unpaired) electrons. The molecule has 1 aromatic carbocycles. The molecule has 26 heavy (non-hydrogen) atoms. The number of hydrogen-bond acceptors (Lipinski definition) is 4. The van der Waals surface area contributed by atoms with Gasteiger partial charge in [0.15, 0.2) is 5.76 Å². The highest BCUT2D eigenvalue weighted by Gasteiger charge is 2.28. The zero-order valence-electron chi connectivity index (χ0n) is 15.4. The number of fused-ring (bicyclic) bond motifs is 1. The van der Waals surface area contributed by atoms with Crippen molar-refractivity contribution in [2.24, 2.45) is 5.10 Å². The molecule has 5 nitrogen and oxygen atoms in total. The second-order valence-electron chi connectivity index (χ2n) is 6.67. The molecule has 0 saturated carbocycles. The number of benzene rings is 1. The van der Waals surface area contributed by atoms with Crippen LogP contribution in [0.3, 0.4) is 0 Å². The van der Waals surface area contributed by atoms with Crippen LogP contribution < -0.4 is 10.7 Å². The fourth-order valence-electron chi connectivity index (χ4n) is 3.04. The second kappa shape index (κ2) is 7.72. The van der Waals surface area contributed by atoms with Crippen molar-refractivity contribution in [2.45, 2.75) is 52.5 Å². The molecule has 1 aliphatic rings. The molecular weight excluding hydrogens is 333 g/mol. The van der Waals surface area contributed by atoms with E-state index < -0.39 is 0 Å². The number of nitrogens with zero attached hydrogens (tertiary/aromatic N) is 1. The normalized spacial score (nSPS) is 16.2. The van der Waals surface area contributed by atoms with Gasteiger partial charge in [-0.05, 0) is 57.4 Å². The van der Waals surface area contributed by atoms with Crippen molar-refractivity contribution in [3.8, 4) is 0 Å². The average Bonchev–Trinajstić information content (AvgIpc) is 2.98. The van der Waals surface area contributed by atoms with Crippen LogP contribution in [0.2, 0.25) is 0 Å². The summed E-state index contributed by atoms with van der Waals surface area (Å²) in [6.07, 6.45) is 3.37. The lowest BCUT2D eigenvalue weighted by atomic mass is 9.93. The number of rotatable bonds is 5. The lowest BCUT2D eigenvalue weighted by Crippen LogP contribution is -2.32. The van der Waals surface area contributed by atoms with Gasteiger partial charge in [-0.1, -0.05) is 6.92 Å². The van der Waals surface area contributed by atoms with Gasteiger partial charge in [0.2, 0.25) is 0 Å². The molecule has 0 spiro atoms. The Kier molecular flexibility index (Phi) is 5.40. The van der Waals surface area contributed by atoms with Crippen LogP contribution >= 0.6 is 0 Å². The van der Waals surface area contributed by atoms with Crippen LogP contribution in [-0.2, 0) is 6.42 Å². The highest BCUT2D eigenvalue weighted by atomic mass is 19.1. The Labute approximate surface area is 152 Å². The first-order valence-electron chi connectivity index (χ1n) is 9.01. The fourth-order valence-corrected chi connectivity index (χ4v) is 3.04. The van der Waals surface area contributed by atoms with Crippen LogP contribution in [0.5, 0.6) is 0 Å². The molecule has 1 unspecified atom stereocenters. The SMILES string of the molecule is CCC(C)NC(=O)c1oc2c(c1C)/C(=N/Nc1ccc(F)cc1)CCC2. The minimum absolute atomic E-state index is 0.0947. The number of carbonyl (C=O) groups is 1. The quantitative estimate of drug-likeness (QED) is 0.779. The molecule has 1 aromatic heterocycles. The third-order valence-corrected chi connectivity index (χ3v) is 4.69. The van der Waals surface area contributed by atoms with Gasteiger partial charge in [-0.25, -0.2) is 4.39 Å². The molecular formula is C20H24FN3O2. The number of aryl methyl sites for hydroxylation is 1. The molecule has 6 heteroatoms. The summed E-state index contributed by atoms with van der Waals surface area (Å²) in [5.41, 5.74) is 6.28. The summed E-state index contributed by atoms with van der Waals surface area (Å²) < 4.78 is 18.9. The molecule has 1 heterocycles. The summed E-state index contributed by atoms with van der Waals surface area (Å²) in [4.78, 5) is 12.5. The zero-order chi connectivity index (χ0) is 18.7. The van der Waals surface area contributed by atoms with Crippen molar-refractivity contribution in [1.29, 1.82) is 0 Å². The lowest BCUT2D eigenvalue weighted by Gasteiger charge is -2.13. The molecule has 3 rings (SSSR count). The van der Waals surface area contributed by atoms with Crippen LogP contribution in [-0.4, -0.2) is 17.7 Å². The standard InChI is InChI=1S/C20H24FN3O2/c1-4-12(2)22-20(25)19-13(3)18-16(6-5-7-17(18)26-19)24-23-15-10-8-14(21)9-11-15/h8-12,23H,4-7H2,1-3H3,(H,22,25)/b24-16+. The third kappa shape index (κ3) is 3.79. The first-order chi connectivity index (χ1) is 12.5. The van der Waals surface area contributed by atoms with Gasteiger partial charge in [-0.15, -0.1) is 0 Å². The molecule has 0 bridgehead atoms. The first-order valence-corrected chi connectivity index (χ1v) is 9.01. The number of halogens is 1. The van der Waals surface area contributed by atoms with Crippen molar-refractivity contribution >= 4 is 17.3 Å². The Morgan fingerprint density at radius 3 is 2.73 bits per heavy atom. The number of furan rings is 1. The van der Waals surface area contributed by atoms with Gasteiger partial charge in [0.05, 0.1) is 11.4 Å². The molecule has 2 aromatic rings. The van der Waals surface area contributed by atoms with E-state index in [4.69, 9.17) is 4.42 Å². The van der Waals surface area contributed by atoms with Crippen molar-refractivity contribution in [2.75, 3.05) is 5.43 Å². The van der Waals surface area contributed by atoms with Gasteiger partial charge >= 0.3 is 0 Å². The van der Waals surface area contributed by atoms with Gasteiger partial charge in [0.1, 0.15) is 11.6 Å². The molecule has 0 aliphatic heterocycles. The van der Waals surface area contributed by atoms with E-state index >= 15 is 0 Å². The van der Waals surface area contributed by atoms with Crippen LogP contribution in [0, 0.1) is 12.7 Å². The topological polar surface area (TPSA) is 66.6 Å². The first kappa shape index (κ1) is 18.2. The Hall–Kier alpha value is -2.63. The van der Waals surface area contributed by atoms with E-state index in [9.17, 15) is 9.18 Å². The average molecular weight is 357 g/mol. The van der Waals surface area contributed by atoms with E-state index in [2.05, 4.69) is 15.8 Å². The van der Waals surface area contributed by atoms with E-state index in [0.717, 1.165) is 48.3 Å². The van der Waals surface area contributed by atoms with E-state index in [1.165, 1.54) is 12.1 Å². The van der Waals surface area contributed by atoms with E-state index in [1.807, 2.05) is 20.8 Å². The van der Waals surface area contributed by atoms with Gasteiger partial charge in [0.25, 0.3) is 5.91 Å². The molecule has 138 valence electrons. The summed E-state index contributed by atoms with van der Waals surface area (Å²) in [5, 5.41) is 7.44. The number of amides is 1. The Morgan fingerprint density at radius 1 is 1.31 bits per heavy atom. The van der Waals surface area contributed by atoms with Crippen molar-refractivity contribution in [3.63, 3.8) is 0 Å². The monoisotopic (exact) mass is 357 g/mol. The molecule has 1 amide bonds. The number of hydrogen-bond donors (Lipinski definition) is 2. The summed E-state index contributed by atoms with van der Waals surface area (Å²) in [6.45, 7) is 5.89. The van der Waals surface area contributed by atoms with Gasteiger partial charge in [-0.2, -0.15) is 5.10 Å². The molecule has 2 N–H and O–H groups in total. The van der Waals surface area contributed by atoms with Crippen molar-refractivity contribution in [3.05, 3.63) is 52.7 Å². The Bertz CT molecular complexity index is 824. The maximum Gasteiger partial charge on any atom is 0.287 e. The largest absolute Gasteiger partial charge is 0.455 e. The van der Waals surface area contributed by atoms with E-state index in [0.29, 0.717) is 11.4 Å². The van der Waals surface area contributed by atoms with Crippen LogP contribution in [0.4, 0.5) is 10.1 Å².